The van der Waals surface area contributed by atoms with Crippen LogP contribution >= 0.6 is 0 Å². The summed E-state index contributed by atoms with van der Waals surface area (Å²) in [6.45, 7) is 1.98. The molecule has 146 valence electrons. The van der Waals surface area contributed by atoms with Crippen molar-refractivity contribution >= 4 is 16.9 Å². The van der Waals surface area contributed by atoms with Crippen molar-refractivity contribution in [1.29, 1.82) is 0 Å². The van der Waals surface area contributed by atoms with Crippen LogP contribution in [0.2, 0.25) is 0 Å². The smallest absolute Gasteiger partial charge is 0.337 e. The molecule has 1 N–H and O–H groups in total. The summed E-state index contributed by atoms with van der Waals surface area (Å²) in [5, 5.41) is 0.340. The largest absolute Gasteiger partial charge is 0.468 e. The van der Waals surface area contributed by atoms with Crippen molar-refractivity contribution < 1.29 is 13.9 Å². The van der Waals surface area contributed by atoms with E-state index >= 15 is 0 Å². The van der Waals surface area contributed by atoms with Crippen molar-refractivity contribution in [3.05, 3.63) is 68.8 Å². The van der Waals surface area contributed by atoms with Crippen LogP contribution in [0.4, 0.5) is 0 Å². The van der Waals surface area contributed by atoms with E-state index in [0.29, 0.717) is 10.9 Å². The molecule has 0 saturated carbocycles. The first-order valence-electron chi connectivity index (χ1n) is 9.21. The minimum Gasteiger partial charge on any atom is -0.468 e. The number of ether oxygens (including phenoxy) is 1. The van der Waals surface area contributed by atoms with Crippen LogP contribution in [-0.4, -0.2) is 40.6 Å². The summed E-state index contributed by atoms with van der Waals surface area (Å²) in [4.78, 5) is 42.3. The number of fused-ring (bicyclic) bond motifs is 1. The molecular weight excluding hydrogens is 362 g/mol. The van der Waals surface area contributed by atoms with E-state index in [9.17, 15) is 14.4 Å². The number of nitrogens with one attached hydrogen (secondary N) is 1. The molecule has 3 aromatic rings. The molecule has 28 heavy (non-hydrogen) atoms. The molecule has 0 radical (unpaired) electrons. The molecule has 2 aromatic heterocycles. The molecule has 1 aromatic carbocycles. The lowest BCUT2D eigenvalue weighted by Crippen LogP contribution is -2.40. The third-order valence-corrected chi connectivity index (χ3v) is 5.21. The lowest BCUT2D eigenvalue weighted by Gasteiger charge is -2.26. The van der Waals surface area contributed by atoms with E-state index in [4.69, 9.17) is 9.15 Å². The second kappa shape index (κ2) is 7.47. The van der Waals surface area contributed by atoms with Gasteiger partial charge in [-0.1, -0.05) is 0 Å². The zero-order valence-electron chi connectivity index (χ0n) is 15.5. The summed E-state index contributed by atoms with van der Waals surface area (Å²) in [7, 11) is 1.28. The molecule has 1 fully saturated rings. The first-order chi connectivity index (χ1) is 13.6. The number of carbonyl (C=O) groups excluding carboxylic acids is 1. The Kier molecular flexibility index (Phi) is 4.87. The summed E-state index contributed by atoms with van der Waals surface area (Å²) >= 11 is 0. The summed E-state index contributed by atoms with van der Waals surface area (Å²) in [6.07, 6.45) is 3.76. The lowest BCUT2D eigenvalue weighted by molar-refractivity contribution is 0.0601. The van der Waals surface area contributed by atoms with Gasteiger partial charge >= 0.3 is 11.7 Å². The van der Waals surface area contributed by atoms with Crippen molar-refractivity contribution in [3.8, 4) is 0 Å². The van der Waals surface area contributed by atoms with Gasteiger partial charge in [0.1, 0.15) is 5.76 Å². The number of hydrogen-bond acceptors (Lipinski definition) is 6. The molecule has 8 nitrogen and oxygen atoms in total. The number of furan rings is 1. The highest BCUT2D eigenvalue weighted by molar-refractivity contribution is 5.93. The maximum absolute atomic E-state index is 13.0. The van der Waals surface area contributed by atoms with Gasteiger partial charge in [0, 0.05) is 0 Å². The molecule has 1 aliphatic rings. The van der Waals surface area contributed by atoms with Crippen molar-refractivity contribution in [2.75, 3.05) is 20.2 Å². The van der Waals surface area contributed by atoms with Crippen molar-refractivity contribution in [3.63, 3.8) is 0 Å². The van der Waals surface area contributed by atoms with E-state index in [1.165, 1.54) is 29.9 Å². The van der Waals surface area contributed by atoms with Gasteiger partial charge in [-0.3, -0.25) is 14.3 Å². The summed E-state index contributed by atoms with van der Waals surface area (Å²) in [5.41, 5.74) is -0.334. The fraction of sp³-hybridized carbons (Fsp3) is 0.350. The van der Waals surface area contributed by atoms with Crippen LogP contribution in [0.1, 0.15) is 35.0 Å². The Balaban J connectivity index is 1.76. The molecule has 0 spiro atoms. The first kappa shape index (κ1) is 18.2. The summed E-state index contributed by atoms with van der Waals surface area (Å²) in [6, 6.07) is 7.99. The molecule has 8 heteroatoms. The van der Waals surface area contributed by atoms with E-state index in [2.05, 4.69) is 9.88 Å². The van der Waals surface area contributed by atoms with E-state index in [1.807, 2.05) is 6.07 Å². The van der Waals surface area contributed by atoms with Gasteiger partial charge in [0.2, 0.25) is 0 Å². The number of hydrogen-bond donors (Lipinski definition) is 1. The quantitative estimate of drug-likeness (QED) is 0.676. The molecule has 1 saturated heterocycles. The Bertz CT molecular complexity index is 1110. The van der Waals surface area contributed by atoms with Crippen LogP contribution in [0.25, 0.3) is 10.9 Å². The highest BCUT2D eigenvalue weighted by Gasteiger charge is 2.27. The second-order valence-corrected chi connectivity index (χ2v) is 6.87. The van der Waals surface area contributed by atoms with Crippen LogP contribution in [0.3, 0.4) is 0 Å². The topological polar surface area (TPSA) is 97.5 Å². The monoisotopic (exact) mass is 383 g/mol. The average molecular weight is 383 g/mol. The van der Waals surface area contributed by atoms with Gasteiger partial charge in [-0.2, -0.15) is 0 Å². The maximum atomic E-state index is 13.0. The fourth-order valence-corrected chi connectivity index (χ4v) is 3.76. The van der Waals surface area contributed by atoms with Gasteiger partial charge in [0.25, 0.3) is 5.56 Å². The van der Waals surface area contributed by atoms with Crippen LogP contribution < -0.4 is 11.2 Å². The standard InChI is InChI=1S/C20H21N3O5/c1-27-19(25)13-6-7-14-15(11-13)21-20(26)23(18(14)24)12-16(17-5-4-10-28-17)22-8-2-3-9-22/h4-7,10-11,16H,2-3,8-9,12H2,1H3,(H,21,26)/t16-/m1/s1. The maximum Gasteiger partial charge on any atom is 0.337 e. The number of rotatable bonds is 5. The zero-order chi connectivity index (χ0) is 19.7. The third kappa shape index (κ3) is 3.27. The number of aromatic amines is 1. The molecule has 4 rings (SSSR count). The van der Waals surface area contributed by atoms with Gasteiger partial charge in [-0.25, -0.2) is 9.59 Å². The number of methoxy groups -OCH3 is 1. The Labute approximate surface area is 160 Å². The Morgan fingerprint density at radius 3 is 2.71 bits per heavy atom. The first-order valence-corrected chi connectivity index (χ1v) is 9.21. The molecule has 0 bridgehead atoms. The number of nitrogens with zero attached hydrogens (tertiary/aromatic N) is 2. The highest BCUT2D eigenvalue weighted by Crippen LogP contribution is 2.26. The van der Waals surface area contributed by atoms with Gasteiger partial charge < -0.3 is 14.1 Å². The number of likely N-dealkylation sites (tertiary alicyclic amines) is 1. The fourth-order valence-electron chi connectivity index (χ4n) is 3.76. The van der Waals surface area contributed by atoms with Crippen molar-refractivity contribution in [1.82, 2.24) is 14.5 Å². The average Bonchev–Trinajstić information content (AvgIpc) is 3.41. The number of benzene rings is 1. The van der Waals surface area contributed by atoms with Crippen LogP contribution in [-0.2, 0) is 11.3 Å². The van der Waals surface area contributed by atoms with Crippen molar-refractivity contribution in [2.24, 2.45) is 0 Å². The molecule has 3 heterocycles. The predicted octanol–water partition coefficient (Wildman–Crippen LogP) is 1.91. The number of carbonyl (C=O) groups is 1. The molecule has 0 aliphatic carbocycles. The number of aromatic nitrogens is 2. The summed E-state index contributed by atoms with van der Waals surface area (Å²) < 4.78 is 11.5. The van der Waals surface area contributed by atoms with Gasteiger partial charge in [-0.15, -0.1) is 0 Å². The van der Waals surface area contributed by atoms with Crippen LogP contribution in [0.5, 0.6) is 0 Å². The SMILES string of the molecule is COC(=O)c1ccc2c(=O)n(C[C@H](c3ccco3)N3CCCC3)c(=O)[nH]c2c1. The lowest BCUT2D eigenvalue weighted by atomic mass is 10.1. The Morgan fingerprint density at radius 1 is 1.25 bits per heavy atom. The normalized spacial score (nSPS) is 15.8. The Hall–Kier alpha value is -3.13. The Morgan fingerprint density at radius 2 is 2.04 bits per heavy atom. The van der Waals surface area contributed by atoms with Gasteiger partial charge in [0.05, 0.1) is 42.4 Å². The molecule has 0 amide bonds. The van der Waals surface area contributed by atoms with Crippen LogP contribution in [0, 0.1) is 0 Å². The van der Waals surface area contributed by atoms with E-state index in [1.54, 1.807) is 12.3 Å². The molecule has 0 unspecified atom stereocenters. The van der Waals surface area contributed by atoms with Crippen molar-refractivity contribution in [2.45, 2.75) is 25.4 Å². The molecular formula is C20H21N3O5. The minimum atomic E-state index is -0.529. The predicted molar refractivity (Wildman–Crippen MR) is 102 cm³/mol. The van der Waals surface area contributed by atoms with Gasteiger partial charge in [0.15, 0.2) is 0 Å². The third-order valence-electron chi connectivity index (χ3n) is 5.21. The van der Waals surface area contributed by atoms with Crippen LogP contribution in [0.15, 0.2) is 50.6 Å². The van der Waals surface area contributed by atoms with Gasteiger partial charge in [-0.05, 0) is 56.3 Å². The highest BCUT2D eigenvalue weighted by atomic mass is 16.5. The van der Waals surface area contributed by atoms with E-state index in [-0.39, 0.29) is 18.2 Å². The van der Waals surface area contributed by atoms with E-state index < -0.39 is 17.2 Å². The number of esters is 1. The summed E-state index contributed by atoms with van der Waals surface area (Å²) in [5.74, 6) is 0.202. The zero-order valence-corrected chi connectivity index (χ0v) is 15.5. The molecule has 1 aliphatic heterocycles. The minimum absolute atomic E-state index is 0.191. The number of H-pyrrole nitrogens is 1. The second-order valence-electron chi connectivity index (χ2n) is 6.87. The molecule has 1 atom stereocenters. The van der Waals surface area contributed by atoms with E-state index in [0.717, 1.165) is 31.7 Å².